The van der Waals surface area contributed by atoms with Crippen LogP contribution in [0.1, 0.15) is 25.7 Å². The van der Waals surface area contributed by atoms with E-state index in [1.54, 1.807) is 19.0 Å². The van der Waals surface area contributed by atoms with Crippen molar-refractivity contribution in [2.24, 2.45) is 0 Å². The summed E-state index contributed by atoms with van der Waals surface area (Å²) in [7, 11) is 3.59. The summed E-state index contributed by atoms with van der Waals surface area (Å²) in [5.74, 6) is 0.187. The van der Waals surface area contributed by atoms with E-state index < -0.39 is 0 Å². The number of hydrogen-bond donors (Lipinski definition) is 1. The molecule has 1 fully saturated rings. The van der Waals surface area contributed by atoms with E-state index in [1.807, 2.05) is 0 Å². The highest BCUT2D eigenvalue weighted by Gasteiger charge is 2.12. The van der Waals surface area contributed by atoms with Crippen molar-refractivity contribution < 1.29 is 9.53 Å². The molecule has 0 spiro atoms. The SMILES string of the molecule is CN(C)C(=O)CCNC1CCCOCC1. The van der Waals surface area contributed by atoms with Crippen molar-refractivity contribution in [2.75, 3.05) is 33.9 Å². The Labute approximate surface area is 92.0 Å². The van der Waals surface area contributed by atoms with Gasteiger partial charge in [-0.3, -0.25) is 4.79 Å². The maximum absolute atomic E-state index is 11.3. The van der Waals surface area contributed by atoms with E-state index in [2.05, 4.69) is 5.32 Å². The van der Waals surface area contributed by atoms with Crippen LogP contribution in [0.15, 0.2) is 0 Å². The van der Waals surface area contributed by atoms with Crippen LogP contribution in [0, 0.1) is 0 Å². The van der Waals surface area contributed by atoms with Crippen molar-refractivity contribution in [2.45, 2.75) is 31.7 Å². The monoisotopic (exact) mass is 214 g/mol. The van der Waals surface area contributed by atoms with Gasteiger partial charge >= 0.3 is 0 Å². The highest BCUT2D eigenvalue weighted by atomic mass is 16.5. The number of nitrogens with zero attached hydrogens (tertiary/aromatic N) is 1. The molecule has 88 valence electrons. The number of hydrogen-bond acceptors (Lipinski definition) is 3. The van der Waals surface area contributed by atoms with Crippen LogP contribution in [0.4, 0.5) is 0 Å². The van der Waals surface area contributed by atoms with Gasteiger partial charge in [0, 0.05) is 46.3 Å². The third-order valence-corrected chi connectivity index (χ3v) is 2.72. The molecule has 0 aromatic carbocycles. The van der Waals surface area contributed by atoms with Gasteiger partial charge in [0.2, 0.25) is 5.91 Å². The van der Waals surface area contributed by atoms with Crippen LogP contribution in [-0.2, 0) is 9.53 Å². The van der Waals surface area contributed by atoms with Gasteiger partial charge in [-0.2, -0.15) is 0 Å². The van der Waals surface area contributed by atoms with Gasteiger partial charge in [-0.05, 0) is 19.3 Å². The first-order valence-electron chi connectivity index (χ1n) is 5.71. The summed E-state index contributed by atoms with van der Waals surface area (Å²) in [4.78, 5) is 13.0. The molecule has 1 atom stereocenters. The first kappa shape index (κ1) is 12.5. The lowest BCUT2D eigenvalue weighted by atomic mass is 10.1. The van der Waals surface area contributed by atoms with Crippen molar-refractivity contribution in [3.05, 3.63) is 0 Å². The van der Waals surface area contributed by atoms with Crippen LogP contribution in [0.3, 0.4) is 0 Å². The third kappa shape index (κ3) is 5.14. The minimum absolute atomic E-state index is 0.187. The molecule has 0 aromatic rings. The van der Waals surface area contributed by atoms with Crippen molar-refractivity contribution in [3.63, 3.8) is 0 Å². The summed E-state index contributed by atoms with van der Waals surface area (Å²) in [5.41, 5.74) is 0. The number of carbonyl (C=O) groups is 1. The Morgan fingerprint density at radius 2 is 2.20 bits per heavy atom. The molecule has 0 aromatic heterocycles. The molecule has 15 heavy (non-hydrogen) atoms. The number of carbonyl (C=O) groups excluding carboxylic acids is 1. The second-order valence-corrected chi connectivity index (χ2v) is 4.23. The highest BCUT2D eigenvalue weighted by molar-refractivity contribution is 5.75. The van der Waals surface area contributed by atoms with Crippen LogP contribution >= 0.6 is 0 Å². The van der Waals surface area contributed by atoms with Crippen molar-refractivity contribution >= 4 is 5.91 Å². The molecular weight excluding hydrogens is 192 g/mol. The summed E-state index contributed by atoms with van der Waals surface area (Å²) in [6.45, 7) is 2.51. The Morgan fingerprint density at radius 1 is 1.40 bits per heavy atom. The molecule has 4 heteroatoms. The van der Waals surface area contributed by atoms with E-state index in [9.17, 15) is 4.79 Å². The zero-order valence-corrected chi connectivity index (χ0v) is 9.79. The number of amides is 1. The molecule has 1 amide bonds. The quantitative estimate of drug-likeness (QED) is 0.746. The molecule has 1 aliphatic heterocycles. The maximum Gasteiger partial charge on any atom is 0.223 e. The molecule has 0 aliphatic carbocycles. The van der Waals surface area contributed by atoms with E-state index in [1.165, 1.54) is 0 Å². The highest BCUT2D eigenvalue weighted by Crippen LogP contribution is 2.07. The number of ether oxygens (including phenoxy) is 1. The maximum atomic E-state index is 11.3. The third-order valence-electron chi connectivity index (χ3n) is 2.72. The topological polar surface area (TPSA) is 41.6 Å². The fourth-order valence-corrected chi connectivity index (χ4v) is 1.71. The van der Waals surface area contributed by atoms with E-state index in [4.69, 9.17) is 4.74 Å². The molecule has 1 N–H and O–H groups in total. The van der Waals surface area contributed by atoms with Gasteiger partial charge in [-0.25, -0.2) is 0 Å². The lowest BCUT2D eigenvalue weighted by Crippen LogP contribution is -2.33. The van der Waals surface area contributed by atoms with Crippen LogP contribution in [-0.4, -0.2) is 50.7 Å². The molecule has 1 saturated heterocycles. The van der Waals surface area contributed by atoms with Crippen LogP contribution < -0.4 is 5.32 Å². The molecule has 1 unspecified atom stereocenters. The molecule has 1 aliphatic rings. The van der Waals surface area contributed by atoms with Crippen molar-refractivity contribution in [1.82, 2.24) is 10.2 Å². The molecular formula is C11H22N2O2. The Kier molecular flexibility index (Phi) is 5.65. The number of rotatable bonds is 4. The summed E-state index contributed by atoms with van der Waals surface area (Å²) in [5, 5.41) is 3.42. The average Bonchev–Trinajstić information content (AvgIpc) is 2.46. The molecule has 1 rings (SSSR count). The van der Waals surface area contributed by atoms with Gasteiger partial charge < -0.3 is 15.0 Å². The minimum atomic E-state index is 0.187. The second-order valence-electron chi connectivity index (χ2n) is 4.23. The predicted molar refractivity (Wildman–Crippen MR) is 59.8 cm³/mol. The van der Waals surface area contributed by atoms with Crippen LogP contribution in [0.5, 0.6) is 0 Å². The molecule has 4 nitrogen and oxygen atoms in total. The van der Waals surface area contributed by atoms with Gasteiger partial charge in [-0.1, -0.05) is 0 Å². The zero-order valence-electron chi connectivity index (χ0n) is 9.79. The Morgan fingerprint density at radius 3 is 2.93 bits per heavy atom. The second kappa shape index (κ2) is 6.80. The summed E-state index contributed by atoms with van der Waals surface area (Å²) in [6.07, 6.45) is 3.94. The van der Waals surface area contributed by atoms with Gasteiger partial charge in [-0.15, -0.1) is 0 Å². The smallest absolute Gasteiger partial charge is 0.223 e. The Hall–Kier alpha value is -0.610. The van der Waals surface area contributed by atoms with E-state index in [0.717, 1.165) is 39.0 Å². The van der Waals surface area contributed by atoms with Crippen LogP contribution in [0.25, 0.3) is 0 Å². The Bertz CT molecular complexity index is 187. The molecule has 0 bridgehead atoms. The molecule has 0 saturated carbocycles. The van der Waals surface area contributed by atoms with Gasteiger partial charge in [0.1, 0.15) is 0 Å². The largest absolute Gasteiger partial charge is 0.381 e. The van der Waals surface area contributed by atoms with Crippen molar-refractivity contribution in [3.8, 4) is 0 Å². The zero-order chi connectivity index (χ0) is 11.1. The first-order valence-corrected chi connectivity index (χ1v) is 5.71. The van der Waals surface area contributed by atoms with Gasteiger partial charge in [0.25, 0.3) is 0 Å². The lowest BCUT2D eigenvalue weighted by Gasteiger charge is -2.16. The molecule has 1 heterocycles. The van der Waals surface area contributed by atoms with E-state index >= 15 is 0 Å². The summed E-state index contributed by atoms with van der Waals surface area (Å²) in [6, 6.07) is 0.530. The summed E-state index contributed by atoms with van der Waals surface area (Å²) < 4.78 is 5.38. The van der Waals surface area contributed by atoms with Crippen molar-refractivity contribution in [1.29, 1.82) is 0 Å². The number of nitrogens with one attached hydrogen (secondary N) is 1. The molecule has 0 radical (unpaired) electrons. The van der Waals surface area contributed by atoms with E-state index in [0.29, 0.717) is 12.5 Å². The average molecular weight is 214 g/mol. The van der Waals surface area contributed by atoms with Crippen LogP contribution in [0.2, 0.25) is 0 Å². The Balaban J connectivity index is 2.10. The first-order chi connectivity index (χ1) is 7.20. The lowest BCUT2D eigenvalue weighted by molar-refractivity contribution is -0.128. The van der Waals surface area contributed by atoms with Gasteiger partial charge in [0.05, 0.1) is 0 Å². The summed E-state index contributed by atoms with van der Waals surface area (Å²) >= 11 is 0. The minimum Gasteiger partial charge on any atom is -0.381 e. The normalized spacial score (nSPS) is 22.1. The fraction of sp³-hybridized carbons (Fsp3) is 0.909. The van der Waals surface area contributed by atoms with Gasteiger partial charge in [0.15, 0.2) is 0 Å². The standard InChI is InChI=1S/C11H22N2O2/c1-13(2)11(14)5-7-12-10-4-3-8-15-9-6-10/h10,12H,3-9H2,1-2H3. The van der Waals surface area contributed by atoms with E-state index in [-0.39, 0.29) is 5.91 Å². The fourth-order valence-electron chi connectivity index (χ4n) is 1.71. The predicted octanol–water partition coefficient (Wildman–Crippen LogP) is 0.623.